The molecule has 1 aliphatic rings. The van der Waals surface area contributed by atoms with Crippen LogP contribution in [0, 0.1) is 0 Å². The average Bonchev–Trinajstić information content (AvgIpc) is 2.75. The predicted molar refractivity (Wildman–Crippen MR) is 67.8 cm³/mol. The van der Waals surface area contributed by atoms with E-state index in [0.717, 1.165) is 36.8 Å². The van der Waals surface area contributed by atoms with Crippen LogP contribution in [0.15, 0.2) is 18.2 Å². The van der Waals surface area contributed by atoms with Gasteiger partial charge in [-0.15, -0.1) is 0 Å². The van der Waals surface area contributed by atoms with Crippen molar-refractivity contribution in [1.82, 2.24) is 5.32 Å². The van der Waals surface area contributed by atoms with Crippen molar-refractivity contribution in [3.8, 4) is 11.5 Å². The van der Waals surface area contributed by atoms with Crippen molar-refractivity contribution in [3.05, 3.63) is 23.8 Å². The molecule has 0 bridgehead atoms. The highest BCUT2D eigenvalue weighted by molar-refractivity contribution is 7.84. The average molecular weight is 255 g/mol. The van der Waals surface area contributed by atoms with Crippen LogP contribution in [0.25, 0.3) is 0 Å². The molecule has 0 saturated carbocycles. The Morgan fingerprint density at radius 2 is 2.18 bits per heavy atom. The molecule has 0 fully saturated rings. The molecule has 1 N–H and O–H groups in total. The Balaban J connectivity index is 1.74. The molecule has 94 valence electrons. The van der Waals surface area contributed by atoms with Crippen molar-refractivity contribution in [2.75, 3.05) is 25.3 Å². The lowest BCUT2D eigenvalue weighted by molar-refractivity contribution is 0.174. The van der Waals surface area contributed by atoms with E-state index in [1.54, 1.807) is 6.26 Å². The molecule has 1 heterocycles. The molecule has 0 saturated heterocycles. The summed E-state index contributed by atoms with van der Waals surface area (Å²) >= 11 is 0. The third-order valence-electron chi connectivity index (χ3n) is 2.55. The Morgan fingerprint density at radius 3 is 3.00 bits per heavy atom. The van der Waals surface area contributed by atoms with Crippen LogP contribution in [-0.2, 0) is 17.3 Å². The topological polar surface area (TPSA) is 47.6 Å². The summed E-state index contributed by atoms with van der Waals surface area (Å²) in [7, 11) is -0.690. The Morgan fingerprint density at radius 1 is 1.35 bits per heavy atom. The van der Waals surface area contributed by atoms with Crippen molar-refractivity contribution in [3.63, 3.8) is 0 Å². The lowest BCUT2D eigenvalue weighted by Crippen LogP contribution is -2.16. The van der Waals surface area contributed by atoms with Crippen LogP contribution < -0.4 is 14.8 Å². The molecule has 0 radical (unpaired) electrons. The Kier molecular flexibility index (Phi) is 4.39. The first-order valence-electron chi connectivity index (χ1n) is 5.65. The number of hydrogen-bond acceptors (Lipinski definition) is 4. The highest BCUT2D eigenvalue weighted by Crippen LogP contribution is 2.32. The van der Waals surface area contributed by atoms with Crippen molar-refractivity contribution in [1.29, 1.82) is 0 Å². The summed E-state index contributed by atoms with van der Waals surface area (Å²) < 4.78 is 21.4. The maximum Gasteiger partial charge on any atom is 0.231 e. The molecule has 0 aromatic heterocycles. The molecule has 17 heavy (non-hydrogen) atoms. The van der Waals surface area contributed by atoms with Crippen molar-refractivity contribution in [2.45, 2.75) is 13.0 Å². The van der Waals surface area contributed by atoms with E-state index in [4.69, 9.17) is 9.47 Å². The summed E-state index contributed by atoms with van der Waals surface area (Å²) in [6, 6.07) is 5.95. The summed E-state index contributed by atoms with van der Waals surface area (Å²) in [6.07, 6.45) is 2.67. The van der Waals surface area contributed by atoms with Gasteiger partial charge in [-0.05, 0) is 30.7 Å². The van der Waals surface area contributed by atoms with Gasteiger partial charge in [0, 0.05) is 29.4 Å². The zero-order valence-electron chi connectivity index (χ0n) is 9.90. The molecular formula is C12H17NO3S. The molecule has 0 aliphatic carbocycles. The van der Waals surface area contributed by atoms with Gasteiger partial charge in [-0.1, -0.05) is 6.07 Å². The first-order chi connectivity index (χ1) is 8.25. The Labute approximate surface area is 104 Å². The third kappa shape index (κ3) is 3.71. The highest BCUT2D eigenvalue weighted by Gasteiger charge is 2.12. The quantitative estimate of drug-likeness (QED) is 0.778. The molecule has 2 rings (SSSR count). The lowest BCUT2D eigenvalue weighted by atomic mass is 10.2. The second-order valence-electron chi connectivity index (χ2n) is 4.00. The summed E-state index contributed by atoms with van der Waals surface area (Å²) in [4.78, 5) is 0. The fourth-order valence-corrected chi connectivity index (χ4v) is 2.23. The van der Waals surface area contributed by atoms with Gasteiger partial charge in [-0.25, -0.2) is 0 Å². The van der Waals surface area contributed by atoms with Crippen LogP contribution in [0.2, 0.25) is 0 Å². The van der Waals surface area contributed by atoms with E-state index in [1.807, 2.05) is 18.2 Å². The fraction of sp³-hybridized carbons (Fsp3) is 0.500. The van der Waals surface area contributed by atoms with Gasteiger partial charge in [-0.3, -0.25) is 4.21 Å². The number of hydrogen-bond donors (Lipinski definition) is 1. The van der Waals surface area contributed by atoms with Gasteiger partial charge in [0.15, 0.2) is 11.5 Å². The molecule has 0 amide bonds. The number of nitrogens with one attached hydrogen (secondary N) is 1. The van der Waals surface area contributed by atoms with Crippen molar-refractivity contribution < 1.29 is 13.7 Å². The van der Waals surface area contributed by atoms with Gasteiger partial charge in [0.2, 0.25) is 6.79 Å². The molecule has 0 spiro atoms. The van der Waals surface area contributed by atoms with E-state index < -0.39 is 10.8 Å². The monoisotopic (exact) mass is 255 g/mol. The molecule has 1 aliphatic heterocycles. The Bertz CT molecular complexity index is 409. The van der Waals surface area contributed by atoms with Crippen LogP contribution in [0.1, 0.15) is 12.0 Å². The van der Waals surface area contributed by atoms with E-state index in [9.17, 15) is 4.21 Å². The summed E-state index contributed by atoms with van der Waals surface area (Å²) in [6.45, 7) is 2.00. The minimum Gasteiger partial charge on any atom is -0.454 e. The minimum absolute atomic E-state index is 0.314. The lowest BCUT2D eigenvalue weighted by Gasteiger charge is -2.05. The van der Waals surface area contributed by atoms with Crippen LogP contribution in [0.5, 0.6) is 11.5 Å². The van der Waals surface area contributed by atoms with Gasteiger partial charge >= 0.3 is 0 Å². The summed E-state index contributed by atoms with van der Waals surface area (Å²) in [5.74, 6) is 2.39. The van der Waals surface area contributed by atoms with Gasteiger partial charge in [0.05, 0.1) is 0 Å². The largest absolute Gasteiger partial charge is 0.454 e. The van der Waals surface area contributed by atoms with Crippen LogP contribution >= 0.6 is 0 Å². The molecule has 1 aromatic rings. The molecule has 4 nitrogen and oxygen atoms in total. The second kappa shape index (κ2) is 6.02. The van der Waals surface area contributed by atoms with Crippen molar-refractivity contribution in [2.24, 2.45) is 0 Å². The zero-order chi connectivity index (χ0) is 12.1. The minimum atomic E-state index is -0.690. The van der Waals surface area contributed by atoms with Crippen LogP contribution in [0.3, 0.4) is 0 Å². The third-order valence-corrected chi connectivity index (χ3v) is 3.42. The highest BCUT2D eigenvalue weighted by atomic mass is 32.2. The van der Waals surface area contributed by atoms with Gasteiger partial charge < -0.3 is 14.8 Å². The first-order valence-corrected chi connectivity index (χ1v) is 7.38. The van der Waals surface area contributed by atoms with Crippen molar-refractivity contribution >= 4 is 10.8 Å². The smallest absolute Gasteiger partial charge is 0.231 e. The van der Waals surface area contributed by atoms with Crippen LogP contribution in [-0.4, -0.2) is 29.6 Å². The van der Waals surface area contributed by atoms with Gasteiger partial charge in [0.25, 0.3) is 0 Å². The molecule has 1 aromatic carbocycles. The van der Waals surface area contributed by atoms with Gasteiger partial charge in [-0.2, -0.15) is 0 Å². The number of fused-ring (bicyclic) bond motifs is 1. The standard InChI is InChI=1S/C12H17NO3S/c1-17(14)6-2-5-13-8-10-3-4-11-12(7-10)16-9-15-11/h3-4,7,13H,2,5-6,8-9H2,1H3. The summed E-state index contributed by atoms with van der Waals surface area (Å²) in [5, 5.41) is 3.32. The number of rotatable bonds is 6. The molecular weight excluding hydrogens is 238 g/mol. The summed E-state index contributed by atoms with van der Waals surface area (Å²) in [5.41, 5.74) is 1.17. The van der Waals surface area contributed by atoms with Crippen LogP contribution in [0.4, 0.5) is 0 Å². The van der Waals surface area contributed by atoms with E-state index >= 15 is 0 Å². The van der Waals surface area contributed by atoms with E-state index in [2.05, 4.69) is 5.32 Å². The molecule has 1 atom stereocenters. The van der Waals surface area contributed by atoms with E-state index in [0.29, 0.717) is 6.79 Å². The molecule has 1 unspecified atom stereocenters. The predicted octanol–water partition coefficient (Wildman–Crippen LogP) is 1.27. The Hall–Kier alpha value is -1.07. The second-order valence-corrected chi connectivity index (χ2v) is 5.55. The maximum absolute atomic E-state index is 10.9. The first kappa shape index (κ1) is 12.4. The molecule has 5 heteroatoms. The van der Waals surface area contributed by atoms with E-state index in [1.165, 1.54) is 5.56 Å². The van der Waals surface area contributed by atoms with E-state index in [-0.39, 0.29) is 0 Å². The number of benzene rings is 1. The van der Waals surface area contributed by atoms with Gasteiger partial charge in [0.1, 0.15) is 0 Å². The SMILES string of the molecule is CS(=O)CCCNCc1ccc2c(c1)OCO2. The fourth-order valence-electron chi connectivity index (χ4n) is 1.68. The zero-order valence-corrected chi connectivity index (χ0v) is 10.7. The maximum atomic E-state index is 10.9. The number of ether oxygens (including phenoxy) is 2. The normalized spacial score (nSPS) is 14.9.